The molecule has 0 fully saturated rings. The highest BCUT2D eigenvalue weighted by molar-refractivity contribution is 6.08. The van der Waals surface area contributed by atoms with Crippen LogP contribution in [0.25, 0.3) is 0 Å². The summed E-state index contributed by atoms with van der Waals surface area (Å²) in [6.45, 7) is 0. The summed E-state index contributed by atoms with van der Waals surface area (Å²) in [6, 6.07) is 0. The van der Waals surface area contributed by atoms with Gasteiger partial charge in [0.2, 0.25) is 5.95 Å². The molecular weight excluding hydrogens is 258 g/mol. The highest BCUT2D eigenvalue weighted by Crippen LogP contribution is 2.34. The van der Waals surface area contributed by atoms with E-state index in [1.807, 2.05) is 0 Å². The minimum atomic E-state index is -0.0864. The molecule has 7 N–H and O–H groups in total. The maximum atomic E-state index is 11.1. The van der Waals surface area contributed by atoms with Gasteiger partial charge in [0.05, 0.1) is 5.70 Å². The zero-order valence-electron chi connectivity index (χ0n) is 10.3. The molecule has 2 heterocycles. The number of allylic oxidation sites excluding steroid dienone is 5. The van der Waals surface area contributed by atoms with Crippen molar-refractivity contribution in [2.75, 3.05) is 16.8 Å². The van der Waals surface area contributed by atoms with E-state index in [9.17, 15) is 4.79 Å². The molecule has 8 nitrogen and oxygen atoms in total. The van der Waals surface area contributed by atoms with Gasteiger partial charge in [-0.2, -0.15) is 9.97 Å². The average Bonchev–Trinajstić information content (AvgIpc) is 2.39. The van der Waals surface area contributed by atoms with Gasteiger partial charge < -0.3 is 22.5 Å². The molecule has 8 heteroatoms. The molecule has 20 heavy (non-hydrogen) atoms. The summed E-state index contributed by atoms with van der Waals surface area (Å²) in [7, 11) is 0. The largest absolute Gasteiger partial charge is 0.382 e. The van der Waals surface area contributed by atoms with E-state index in [2.05, 4.69) is 20.3 Å². The Morgan fingerprint density at radius 2 is 1.70 bits per heavy atom. The molecule has 0 bridgehead atoms. The van der Waals surface area contributed by atoms with E-state index in [1.54, 1.807) is 12.2 Å². The Morgan fingerprint density at radius 1 is 1.00 bits per heavy atom. The number of rotatable bonds is 0. The van der Waals surface area contributed by atoms with Crippen molar-refractivity contribution in [1.82, 2.24) is 9.97 Å². The lowest BCUT2D eigenvalue weighted by molar-refractivity contribution is -0.110. The lowest BCUT2D eigenvalue weighted by Gasteiger charge is -2.20. The highest BCUT2D eigenvalue weighted by Gasteiger charge is 2.21. The molecule has 0 aromatic carbocycles. The summed E-state index contributed by atoms with van der Waals surface area (Å²) < 4.78 is 0. The number of amidine groups is 1. The van der Waals surface area contributed by atoms with E-state index in [0.29, 0.717) is 17.0 Å². The van der Waals surface area contributed by atoms with Gasteiger partial charge in [0, 0.05) is 5.57 Å². The number of nitrogen functional groups attached to an aromatic ring is 2. The van der Waals surface area contributed by atoms with Crippen molar-refractivity contribution < 1.29 is 4.79 Å². The monoisotopic (exact) mass is 269 g/mol. The van der Waals surface area contributed by atoms with Crippen LogP contribution in [0.1, 0.15) is 0 Å². The van der Waals surface area contributed by atoms with Crippen LogP contribution < -0.4 is 22.5 Å². The molecule has 2 aliphatic rings. The van der Waals surface area contributed by atoms with Crippen LogP contribution in [0.15, 0.2) is 40.6 Å². The standard InChI is InChI=1S/C12H11N7O/c13-9-7(5-1-3-6(20)4-2-5)16-8-10(14)18-12(15)19-11(8)17-9/h1-4,16H,(H6,13,14,15,17,18,19). The third-order valence-corrected chi connectivity index (χ3v) is 2.81. The lowest BCUT2D eigenvalue weighted by Crippen LogP contribution is -2.26. The molecule has 0 radical (unpaired) electrons. The van der Waals surface area contributed by atoms with Crippen LogP contribution in [0.5, 0.6) is 0 Å². The molecule has 1 aliphatic heterocycles. The maximum Gasteiger partial charge on any atom is 0.224 e. The Morgan fingerprint density at radius 3 is 2.40 bits per heavy atom. The fourth-order valence-electron chi connectivity index (χ4n) is 1.88. The molecular formula is C12H11N7O. The van der Waals surface area contributed by atoms with Crippen LogP contribution in [-0.2, 0) is 4.79 Å². The van der Waals surface area contributed by atoms with Gasteiger partial charge in [0.1, 0.15) is 11.5 Å². The van der Waals surface area contributed by atoms with Crippen LogP contribution in [0.3, 0.4) is 0 Å². The first kappa shape index (κ1) is 11.9. The van der Waals surface area contributed by atoms with Crippen molar-refractivity contribution in [3.05, 3.63) is 35.6 Å². The van der Waals surface area contributed by atoms with Crippen molar-refractivity contribution in [2.45, 2.75) is 0 Å². The number of anilines is 3. The summed E-state index contributed by atoms with van der Waals surface area (Å²) in [5.74, 6) is 0.641. The van der Waals surface area contributed by atoms with Gasteiger partial charge in [-0.15, -0.1) is 0 Å². The number of nitrogens with zero attached hydrogens (tertiary/aromatic N) is 3. The zero-order valence-corrected chi connectivity index (χ0v) is 10.3. The van der Waals surface area contributed by atoms with E-state index < -0.39 is 0 Å². The number of aliphatic imine (C=N–C) groups is 1. The van der Waals surface area contributed by atoms with Crippen molar-refractivity contribution >= 4 is 34.9 Å². The summed E-state index contributed by atoms with van der Waals surface area (Å²) in [6.07, 6.45) is 6.17. The minimum Gasteiger partial charge on any atom is -0.382 e. The molecule has 0 saturated carbocycles. The maximum absolute atomic E-state index is 11.1. The summed E-state index contributed by atoms with van der Waals surface area (Å²) >= 11 is 0. The average molecular weight is 269 g/mol. The molecule has 0 unspecified atom stereocenters. The molecule has 0 saturated heterocycles. The van der Waals surface area contributed by atoms with Crippen LogP contribution in [0.2, 0.25) is 0 Å². The number of nitrogens with one attached hydrogen (secondary N) is 1. The van der Waals surface area contributed by atoms with Crippen LogP contribution >= 0.6 is 0 Å². The van der Waals surface area contributed by atoms with E-state index in [-0.39, 0.29) is 29.2 Å². The number of carbonyl (C=O) groups excluding carboxylic acids is 1. The molecule has 100 valence electrons. The second kappa shape index (κ2) is 4.19. The quantitative estimate of drug-likeness (QED) is 0.518. The second-order valence-electron chi connectivity index (χ2n) is 4.19. The molecule has 0 spiro atoms. The number of fused-ring (bicyclic) bond motifs is 1. The first-order valence-electron chi connectivity index (χ1n) is 5.73. The fraction of sp³-hybridized carbons (Fsp3) is 0. The summed E-state index contributed by atoms with van der Waals surface area (Å²) in [5.41, 5.74) is 18.9. The van der Waals surface area contributed by atoms with Gasteiger partial charge in [0.25, 0.3) is 0 Å². The SMILES string of the molecule is NC1=Nc2nc(N)nc(N)c2NC1=C1C=CC(=O)C=C1. The third-order valence-electron chi connectivity index (χ3n) is 2.81. The lowest BCUT2D eigenvalue weighted by atomic mass is 10.1. The number of carbonyl (C=O) groups is 1. The third kappa shape index (κ3) is 1.88. The number of hydrogen-bond acceptors (Lipinski definition) is 8. The number of aromatic nitrogens is 2. The first-order valence-corrected chi connectivity index (χ1v) is 5.73. The van der Waals surface area contributed by atoms with E-state index >= 15 is 0 Å². The van der Waals surface area contributed by atoms with Gasteiger partial charge in [-0.25, -0.2) is 4.99 Å². The topological polar surface area (TPSA) is 145 Å². The molecule has 1 aliphatic carbocycles. The highest BCUT2D eigenvalue weighted by atomic mass is 16.1. The molecule has 1 aromatic heterocycles. The molecule has 3 rings (SSSR count). The van der Waals surface area contributed by atoms with Gasteiger partial charge in [0.15, 0.2) is 17.4 Å². The normalized spacial score (nSPS) is 16.8. The molecule has 1 aromatic rings. The van der Waals surface area contributed by atoms with Crippen LogP contribution in [0, 0.1) is 0 Å². The van der Waals surface area contributed by atoms with Crippen molar-refractivity contribution in [2.24, 2.45) is 10.7 Å². The van der Waals surface area contributed by atoms with Gasteiger partial charge in [-0.1, -0.05) is 0 Å². The smallest absolute Gasteiger partial charge is 0.224 e. The van der Waals surface area contributed by atoms with E-state index in [0.717, 1.165) is 0 Å². The Labute approximate surface area is 113 Å². The van der Waals surface area contributed by atoms with E-state index in [4.69, 9.17) is 17.2 Å². The Hall–Kier alpha value is -3.16. The minimum absolute atomic E-state index is 0.0266. The number of ketones is 1. The summed E-state index contributed by atoms with van der Waals surface area (Å²) in [5, 5.41) is 3.03. The van der Waals surface area contributed by atoms with Crippen molar-refractivity contribution in [3.63, 3.8) is 0 Å². The van der Waals surface area contributed by atoms with E-state index in [1.165, 1.54) is 12.2 Å². The number of hydrogen-bond donors (Lipinski definition) is 4. The zero-order chi connectivity index (χ0) is 14.3. The Balaban J connectivity index is 2.12. The molecule has 0 amide bonds. The first-order chi connectivity index (χ1) is 9.54. The van der Waals surface area contributed by atoms with Crippen LogP contribution in [-0.4, -0.2) is 21.6 Å². The Bertz CT molecular complexity index is 724. The number of nitrogens with two attached hydrogens (primary N) is 3. The second-order valence-corrected chi connectivity index (χ2v) is 4.19. The van der Waals surface area contributed by atoms with Crippen molar-refractivity contribution in [1.29, 1.82) is 0 Å². The predicted molar refractivity (Wildman–Crippen MR) is 76.1 cm³/mol. The fourth-order valence-corrected chi connectivity index (χ4v) is 1.88. The summed E-state index contributed by atoms with van der Waals surface area (Å²) in [4.78, 5) is 23.1. The predicted octanol–water partition coefficient (Wildman–Crippen LogP) is 0.00440. The van der Waals surface area contributed by atoms with Crippen molar-refractivity contribution in [3.8, 4) is 0 Å². The molecule has 0 atom stereocenters. The van der Waals surface area contributed by atoms with Crippen LogP contribution in [0.4, 0.5) is 23.3 Å². The Kier molecular flexibility index (Phi) is 2.50. The van der Waals surface area contributed by atoms with Gasteiger partial charge >= 0.3 is 0 Å². The van der Waals surface area contributed by atoms with Gasteiger partial charge in [-0.05, 0) is 24.3 Å². The van der Waals surface area contributed by atoms with Gasteiger partial charge in [-0.3, -0.25) is 4.79 Å².